The van der Waals surface area contributed by atoms with Crippen molar-refractivity contribution in [3.63, 3.8) is 0 Å². The number of amides is 1. The van der Waals surface area contributed by atoms with Crippen LogP contribution in [0.5, 0.6) is 17.2 Å². The van der Waals surface area contributed by atoms with E-state index in [-0.39, 0.29) is 11.8 Å². The lowest BCUT2D eigenvalue weighted by Crippen LogP contribution is -2.39. The number of anilines is 1. The first-order valence-corrected chi connectivity index (χ1v) is 12.3. The third kappa shape index (κ3) is 6.21. The maximum absolute atomic E-state index is 13.9. The topological polar surface area (TPSA) is 48.0 Å². The van der Waals surface area contributed by atoms with Gasteiger partial charge in [0.1, 0.15) is 22.9 Å². The van der Waals surface area contributed by atoms with E-state index in [2.05, 4.69) is 31.2 Å². The summed E-state index contributed by atoms with van der Waals surface area (Å²) >= 11 is 0. The summed E-state index contributed by atoms with van der Waals surface area (Å²) in [6.07, 6.45) is 9.59. The molecule has 0 aliphatic heterocycles. The summed E-state index contributed by atoms with van der Waals surface area (Å²) in [5.41, 5.74) is 3.36. The largest absolute Gasteiger partial charge is 0.496 e. The van der Waals surface area contributed by atoms with E-state index in [1.54, 1.807) is 21.3 Å². The van der Waals surface area contributed by atoms with Crippen LogP contribution in [0.2, 0.25) is 0 Å². The molecule has 2 aromatic carbocycles. The van der Waals surface area contributed by atoms with Crippen molar-refractivity contribution in [2.45, 2.75) is 64.7 Å². The second-order valence-corrected chi connectivity index (χ2v) is 8.85. The number of unbranched alkanes of at least 4 members (excludes halogenated alkanes) is 5. The molecule has 1 aliphatic rings. The Balaban J connectivity index is 1.87. The summed E-state index contributed by atoms with van der Waals surface area (Å²) in [6, 6.07) is 12.1. The minimum Gasteiger partial charge on any atom is -0.496 e. The Hall–Kier alpha value is -2.69. The molecular weight excluding hydrogens is 414 g/mol. The molecular formula is C28H39NO4. The summed E-state index contributed by atoms with van der Waals surface area (Å²) in [7, 11) is 4.87. The van der Waals surface area contributed by atoms with Gasteiger partial charge in [0.15, 0.2) is 0 Å². The molecule has 1 unspecified atom stereocenters. The monoisotopic (exact) mass is 453 g/mol. The first-order valence-electron chi connectivity index (χ1n) is 12.3. The molecule has 1 aliphatic carbocycles. The minimum atomic E-state index is -0.0449. The maximum Gasteiger partial charge on any atom is 0.230 e. The van der Waals surface area contributed by atoms with E-state index in [1.165, 1.54) is 36.8 Å². The molecule has 5 heteroatoms. The Morgan fingerprint density at radius 3 is 2.18 bits per heavy atom. The van der Waals surface area contributed by atoms with Crippen LogP contribution >= 0.6 is 0 Å². The molecule has 33 heavy (non-hydrogen) atoms. The molecule has 0 spiro atoms. The average Bonchev–Trinajstić information content (AvgIpc) is 2.87. The van der Waals surface area contributed by atoms with Crippen LogP contribution in [0, 0.1) is 5.92 Å². The molecule has 0 bridgehead atoms. The van der Waals surface area contributed by atoms with Gasteiger partial charge in [-0.05, 0) is 36.8 Å². The molecule has 1 atom stereocenters. The number of nitrogens with zero attached hydrogens (tertiary/aromatic N) is 1. The van der Waals surface area contributed by atoms with E-state index >= 15 is 0 Å². The number of benzene rings is 2. The SMILES string of the molecule is CCCCCCCCN(C(=O)C1CCc2ccccc2C1)c1c(OC)cc(OC)cc1OC. The van der Waals surface area contributed by atoms with Crippen LogP contribution in [0.1, 0.15) is 63.0 Å². The number of hydrogen-bond donors (Lipinski definition) is 0. The number of rotatable bonds is 12. The lowest BCUT2D eigenvalue weighted by atomic mass is 9.83. The molecule has 2 aromatic rings. The lowest BCUT2D eigenvalue weighted by Gasteiger charge is -2.32. The van der Waals surface area contributed by atoms with E-state index in [0.29, 0.717) is 29.5 Å². The van der Waals surface area contributed by atoms with E-state index in [9.17, 15) is 4.79 Å². The van der Waals surface area contributed by atoms with Gasteiger partial charge in [-0.15, -0.1) is 0 Å². The zero-order chi connectivity index (χ0) is 23.6. The van der Waals surface area contributed by atoms with Crippen molar-refractivity contribution in [3.8, 4) is 17.2 Å². The Bertz CT molecular complexity index is 886. The second kappa shape index (κ2) is 12.5. The Morgan fingerprint density at radius 2 is 1.55 bits per heavy atom. The van der Waals surface area contributed by atoms with Crippen molar-refractivity contribution in [1.29, 1.82) is 0 Å². The molecule has 0 aromatic heterocycles. The van der Waals surface area contributed by atoms with Crippen LogP contribution in [-0.4, -0.2) is 33.8 Å². The van der Waals surface area contributed by atoms with E-state index < -0.39 is 0 Å². The van der Waals surface area contributed by atoms with Gasteiger partial charge in [0, 0.05) is 24.6 Å². The minimum absolute atomic E-state index is 0.0449. The normalized spacial score (nSPS) is 15.0. The van der Waals surface area contributed by atoms with Crippen molar-refractivity contribution in [2.75, 3.05) is 32.8 Å². The van der Waals surface area contributed by atoms with Gasteiger partial charge in [0.05, 0.1) is 21.3 Å². The number of carbonyl (C=O) groups is 1. The van der Waals surface area contributed by atoms with Crippen LogP contribution in [0.3, 0.4) is 0 Å². The Kier molecular flexibility index (Phi) is 9.47. The van der Waals surface area contributed by atoms with Gasteiger partial charge in [-0.2, -0.15) is 0 Å². The van der Waals surface area contributed by atoms with Gasteiger partial charge < -0.3 is 19.1 Å². The average molecular weight is 454 g/mol. The van der Waals surface area contributed by atoms with E-state index in [1.807, 2.05) is 17.0 Å². The highest BCUT2D eigenvalue weighted by Gasteiger charge is 2.32. The fourth-order valence-electron chi connectivity index (χ4n) is 4.76. The first-order chi connectivity index (χ1) is 16.1. The van der Waals surface area contributed by atoms with Crippen molar-refractivity contribution >= 4 is 11.6 Å². The first kappa shape index (κ1) is 24.9. The summed E-state index contributed by atoms with van der Waals surface area (Å²) < 4.78 is 16.8. The van der Waals surface area contributed by atoms with Crippen molar-refractivity contribution in [1.82, 2.24) is 0 Å². The maximum atomic E-state index is 13.9. The van der Waals surface area contributed by atoms with Gasteiger partial charge in [0.2, 0.25) is 5.91 Å². The van der Waals surface area contributed by atoms with Gasteiger partial charge in [-0.3, -0.25) is 4.79 Å². The van der Waals surface area contributed by atoms with Crippen molar-refractivity contribution in [3.05, 3.63) is 47.5 Å². The van der Waals surface area contributed by atoms with Crippen molar-refractivity contribution in [2.24, 2.45) is 5.92 Å². The fraction of sp³-hybridized carbons (Fsp3) is 0.536. The molecule has 0 saturated heterocycles. The number of fused-ring (bicyclic) bond motifs is 1. The molecule has 180 valence electrons. The number of ether oxygens (including phenoxy) is 3. The van der Waals surface area contributed by atoms with Crippen LogP contribution < -0.4 is 19.1 Å². The predicted octanol–water partition coefficient (Wildman–Crippen LogP) is 6.21. The van der Waals surface area contributed by atoms with Crippen LogP contribution in [-0.2, 0) is 17.6 Å². The molecule has 3 rings (SSSR count). The Morgan fingerprint density at radius 1 is 0.909 bits per heavy atom. The molecule has 0 N–H and O–H groups in total. The third-order valence-electron chi connectivity index (χ3n) is 6.66. The van der Waals surface area contributed by atoms with Crippen LogP contribution in [0.15, 0.2) is 36.4 Å². The second-order valence-electron chi connectivity index (χ2n) is 8.85. The summed E-state index contributed by atoms with van der Waals surface area (Å²) in [5, 5.41) is 0. The van der Waals surface area contributed by atoms with E-state index in [0.717, 1.165) is 32.1 Å². The molecule has 5 nitrogen and oxygen atoms in total. The molecule has 1 amide bonds. The molecule has 0 radical (unpaired) electrons. The number of carbonyl (C=O) groups excluding carboxylic acids is 1. The van der Waals surface area contributed by atoms with Crippen molar-refractivity contribution < 1.29 is 19.0 Å². The smallest absolute Gasteiger partial charge is 0.230 e. The highest BCUT2D eigenvalue weighted by atomic mass is 16.5. The highest BCUT2D eigenvalue weighted by Crippen LogP contribution is 2.43. The van der Waals surface area contributed by atoms with E-state index in [4.69, 9.17) is 14.2 Å². The Labute approximate surface area is 199 Å². The summed E-state index contributed by atoms with van der Waals surface area (Å²) in [4.78, 5) is 15.9. The van der Waals surface area contributed by atoms with Crippen LogP contribution in [0.25, 0.3) is 0 Å². The van der Waals surface area contributed by atoms with Crippen LogP contribution in [0.4, 0.5) is 5.69 Å². The number of hydrogen-bond acceptors (Lipinski definition) is 4. The predicted molar refractivity (Wildman–Crippen MR) is 134 cm³/mol. The highest BCUT2D eigenvalue weighted by molar-refractivity contribution is 5.98. The third-order valence-corrected chi connectivity index (χ3v) is 6.66. The van der Waals surface area contributed by atoms with Gasteiger partial charge in [0.25, 0.3) is 0 Å². The molecule has 0 saturated carbocycles. The zero-order valence-electron chi connectivity index (χ0n) is 20.7. The molecule has 0 fully saturated rings. The number of methoxy groups -OCH3 is 3. The standard InChI is InChI=1S/C28H39NO4/c1-5-6-7-8-9-12-17-29(27-25(32-3)19-24(31-2)20-26(27)33-4)28(30)23-16-15-21-13-10-11-14-22(21)18-23/h10-11,13-14,19-20,23H,5-9,12,15-18H2,1-4H3. The molecule has 0 heterocycles. The summed E-state index contributed by atoms with van der Waals surface area (Å²) in [5.74, 6) is 1.95. The zero-order valence-corrected chi connectivity index (χ0v) is 20.7. The number of aryl methyl sites for hydroxylation is 1. The fourth-order valence-corrected chi connectivity index (χ4v) is 4.76. The summed E-state index contributed by atoms with van der Waals surface area (Å²) in [6.45, 7) is 2.88. The van der Waals surface area contributed by atoms with Gasteiger partial charge >= 0.3 is 0 Å². The quantitative estimate of drug-likeness (QED) is 0.358. The van der Waals surface area contributed by atoms with Gasteiger partial charge in [-0.1, -0.05) is 63.3 Å². The van der Waals surface area contributed by atoms with Gasteiger partial charge in [-0.25, -0.2) is 0 Å². The lowest BCUT2D eigenvalue weighted by molar-refractivity contribution is -0.122.